The average molecular weight is 252 g/mol. The van der Waals surface area contributed by atoms with Gasteiger partial charge in [0.15, 0.2) is 0 Å². The van der Waals surface area contributed by atoms with Gasteiger partial charge in [-0.2, -0.15) is 0 Å². The van der Waals surface area contributed by atoms with Gasteiger partial charge in [0.25, 0.3) is 0 Å². The second-order valence-corrected chi connectivity index (χ2v) is 4.33. The van der Waals surface area contributed by atoms with Crippen LogP contribution in [0.25, 0.3) is 0 Å². The average Bonchev–Trinajstić information content (AvgIpc) is 2.76. The fraction of sp³-hybridized carbons (Fsp3) is 0.333. The number of aromatic nitrogens is 4. The van der Waals surface area contributed by atoms with Crippen molar-refractivity contribution in [3.8, 4) is 5.88 Å². The van der Waals surface area contributed by atoms with Crippen LogP contribution in [0.3, 0.4) is 0 Å². The molecule has 0 fully saturated rings. The number of hydrogen-bond donors (Lipinski definition) is 2. The molecule has 0 spiro atoms. The molecule has 0 aliphatic carbocycles. The first-order valence-corrected chi connectivity index (χ1v) is 5.72. The zero-order chi connectivity index (χ0) is 12.3. The van der Waals surface area contributed by atoms with E-state index in [1.54, 1.807) is 13.2 Å². The zero-order valence-electron chi connectivity index (χ0n) is 9.41. The number of nitrogens with zero attached hydrogens (tertiary/aromatic N) is 4. The molecule has 17 heavy (non-hydrogen) atoms. The van der Waals surface area contributed by atoms with E-state index >= 15 is 0 Å². The van der Waals surface area contributed by atoms with Crippen LogP contribution in [0.2, 0.25) is 0 Å². The van der Waals surface area contributed by atoms with Gasteiger partial charge in [0.2, 0.25) is 11.0 Å². The van der Waals surface area contributed by atoms with E-state index in [2.05, 4.69) is 25.5 Å². The number of hydrogen-bond acceptors (Lipinski definition) is 8. The van der Waals surface area contributed by atoms with Gasteiger partial charge in [-0.15, -0.1) is 10.2 Å². The summed E-state index contributed by atoms with van der Waals surface area (Å²) in [7, 11) is 1.56. The van der Waals surface area contributed by atoms with E-state index in [1.807, 2.05) is 6.92 Å². The third kappa shape index (κ3) is 2.78. The highest BCUT2D eigenvalue weighted by Gasteiger charge is 2.11. The Balaban J connectivity index is 2.09. The van der Waals surface area contributed by atoms with Crippen molar-refractivity contribution in [1.82, 2.24) is 20.2 Å². The summed E-state index contributed by atoms with van der Waals surface area (Å²) >= 11 is 1.34. The van der Waals surface area contributed by atoms with Crippen LogP contribution in [0.15, 0.2) is 12.4 Å². The molecule has 0 saturated heterocycles. The molecular weight excluding hydrogens is 240 g/mol. The number of rotatable bonds is 4. The minimum Gasteiger partial charge on any atom is -0.481 e. The van der Waals surface area contributed by atoms with E-state index in [1.165, 1.54) is 17.7 Å². The first kappa shape index (κ1) is 11.5. The topological polar surface area (TPSA) is 98.8 Å². The van der Waals surface area contributed by atoms with Crippen molar-refractivity contribution in [3.05, 3.63) is 17.4 Å². The van der Waals surface area contributed by atoms with E-state index < -0.39 is 0 Å². The molecule has 7 nitrogen and oxygen atoms in total. The lowest BCUT2D eigenvalue weighted by Crippen LogP contribution is -2.08. The molecule has 0 aromatic carbocycles. The van der Waals surface area contributed by atoms with E-state index in [-0.39, 0.29) is 6.04 Å². The Labute approximate surface area is 102 Å². The number of nitrogens with two attached hydrogens (primary N) is 1. The highest BCUT2D eigenvalue weighted by Crippen LogP contribution is 2.22. The molecule has 90 valence electrons. The molecule has 0 aliphatic heterocycles. The Kier molecular flexibility index (Phi) is 3.33. The fourth-order valence-corrected chi connectivity index (χ4v) is 1.85. The van der Waals surface area contributed by atoms with Gasteiger partial charge in [0.05, 0.1) is 13.2 Å². The van der Waals surface area contributed by atoms with Crippen molar-refractivity contribution >= 4 is 22.3 Å². The maximum atomic E-state index is 5.53. The van der Waals surface area contributed by atoms with Gasteiger partial charge in [-0.05, 0) is 6.92 Å². The van der Waals surface area contributed by atoms with Crippen LogP contribution in [-0.2, 0) is 0 Å². The zero-order valence-corrected chi connectivity index (χ0v) is 10.2. The molecule has 0 aliphatic rings. The summed E-state index contributed by atoms with van der Waals surface area (Å²) in [5, 5.41) is 12.1. The molecule has 2 aromatic rings. The number of nitrogen functional groups attached to an aromatic ring is 1. The normalized spacial score (nSPS) is 12.1. The van der Waals surface area contributed by atoms with Crippen LogP contribution in [0.5, 0.6) is 5.88 Å². The van der Waals surface area contributed by atoms with Crippen molar-refractivity contribution < 1.29 is 4.74 Å². The molecule has 8 heteroatoms. The van der Waals surface area contributed by atoms with Gasteiger partial charge in [-0.25, -0.2) is 9.97 Å². The van der Waals surface area contributed by atoms with Crippen LogP contribution in [0.1, 0.15) is 18.0 Å². The van der Waals surface area contributed by atoms with Crippen molar-refractivity contribution in [2.75, 3.05) is 18.2 Å². The molecule has 1 unspecified atom stereocenters. The van der Waals surface area contributed by atoms with Crippen LogP contribution in [0.4, 0.5) is 10.9 Å². The summed E-state index contributed by atoms with van der Waals surface area (Å²) in [6.45, 7) is 1.95. The van der Waals surface area contributed by atoms with Crippen molar-refractivity contribution in [2.24, 2.45) is 0 Å². The summed E-state index contributed by atoms with van der Waals surface area (Å²) in [5.74, 6) is 1.17. The van der Waals surface area contributed by atoms with Gasteiger partial charge in [0, 0.05) is 6.07 Å². The van der Waals surface area contributed by atoms with Gasteiger partial charge in [-0.3, -0.25) is 0 Å². The van der Waals surface area contributed by atoms with Gasteiger partial charge in [0.1, 0.15) is 17.2 Å². The van der Waals surface area contributed by atoms with Crippen molar-refractivity contribution in [1.29, 1.82) is 0 Å². The van der Waals surface area contributed by atoms with Gasteiger partial charge in [-0.1, -0.05) is 11.3 Å². The van der Waals surface area contributed by atoms with E-state index in [9.17, 15) is 0 Å². The molecular formula is C9H12N6OS. The Hall–Kier alpha value is -1.96. The smallest absolute Gasteiger partial charge is 0.218 e. The van der Waals surface area contributed by atoms with Crippen LogP contribution in [-0.4, -0.2) is 27.3 Å². The van der Waals surface area contributed by atoms with Crippen LogP contribution >= 0.6 is 11.3 Å². The van der Waals surface area contributed by atoms with Crippen LogP contribution < -0.4 is 15.8 Å². The van der Waals surface area contributed by atoms with Crippen molar-refractivity contribution in [2.45, 2.75) is 13.0 Å². The molecule has 0 amide bonds. The SMILES string of the molecule is COc1cc(NC(C)c2nnc(N)s2)ncn1. The monoisotopic (exact) mass is 252 g/mol. The highest BCUT2D eigenvalue weighted by atomic mass is 32.1. The van der Waals surface area contributed by atoms with Crippen molar-refractivity contribution in [3.63, 3.8) is 0 Å². The minimum atomic E-state index is -0.0237. The number of nitrogens with one attached hydrogen (secondary N) is 1. The number of ether oxygens (including phenoxy) is 1. The second kappa shape index (κ2) is 4.91. The standard InChI is InChI=1S/C9H12N6OS/c1-5(8-14-15-9(10)17-8)13-6-3-7(16-2)12-4-11-6/h3-5H,1-2H3,(H2,10,15)(H,11,12,13). The predicted molar refractivity (Wildman–Crippen MR) is 64.9 cm³/mol. The predicted octanol–water partition coefficient (Wildman–Crippen LogP) is 1.09. The lowest BCUT2D eigenvalue weighted by molar-refractivity contribution is 0.397. The Bertz CT molecular complexity index is 502. The summed E-state index contributed by atoms with van der Waals surface area (Å²) in [5.41, 5.74) is 5.53. The van der Waals surface area contributed by atoms with Gasteiger partial charge >= 0.3 is 0 Å². The number of methoxy groups -OCH3 is 1. The molecule has 0 bridgehead atoms. The molecule has 2 rings (SSSR count). The summed E-state index contributed by atoms with van der Waals surface area (Å²) in [4.78, 5) is 8.01. The summed E-state index contributed by atoms with van der Waals surface area (Å²) in [6.07, 6.45) is 1.43. The summed E-state index contributed by atoms with van der Waals surface area (Å²) < 4.78 is 5.01. The third-order valence-corrected chi connectivity index (χ3v) is 2.98. The van der Waals surface area contributed by atoms with E-state index in [0.717, 1.165) is 5.01 Å². The molecule has 0 radical (unpaired) electrons. The molecule has 2 aromatic heterocycles. The quantitative estimate of drug-likeness (QED) is 0.840. The van der Waals surface area contributed by atoms with Gasteiger partial charge < -0.3 is 15.8 Å². The molecule has 1 atom stereocenters. The number of anilines is 2. The maximum Gasteiger partial charge on any atom is 0.218 e. The molecule has 0 saturated carbocycles. The second-order valence-electron chi connectivity index (χ2n) is 3.29. The molecule has 3 N–H and O–H groups in total. The Morgan fingerprint density at radius 2 is 2.24 bits per heavy atom. The summed E-state index contributed by atoms with van der Waals surface area (Å²) in [6, 6.07) is 1.69. The first-order valence-electron chi connectivity index (χ1n) is 4.90. The highest BCUT2D eigenvalue weighted by molar-refractivity contribution is 7.15. The minimum absolute atomic E-state index is 0.0237. The van der Waals surface area contributed by atoms with E-state index in [4.69, 9.17) is 10.5 Å². The maximum absolute atomic E-state index is 5.53. The Morgan fingerprint density at radius 3 is 2.88 bits per heavy atom. The lowest BCUT2D eigenvalue weighted by atomic mass is 10.3. The third-order valence-electron chi connectivity index (χ3n) is 2.04. The van der Waals surface area contributed by atoms with Crippen LogP contribution in [0, 0.1) is 0 Å². The fourth-order valence-electron chi connectivity index (χ4n) is 1.24. The lowest BCUT2D eigenvalue weighted by Gasteiger charge is -2.11. The molecule has 2 heterocycles. The largest absolute Gasteiger partial charge is 0.481 e. The Morgan fingerprint density at radius 1 is 1.41 bits per heavy atom. The van der Waals surface area contributed by atoms with E-state index in [0.29, 0.717) is 16.8 Å². The first-order chi connectivity index (χ1) is 8.19.